The van der Waals surface area contributed by atoms with Crippen molar-refractivity contribution in [2.24, 2.45) is 0 Å². The normalized spacial score (nSPS) is 15.3. The third-order valence-electron chi connectivity index (χ3n) is 4.47. The van der Waals surface area contributed by atoms with Crippen molar-refractivity contribution in [1.29, 1.82) is 0 Å². The number of sulfonamides is 1. The summed E-state index contributed by atoms with van der Waals surface area (Å²) in [6, 6.07) is 14.3. The van der Waals surface area contributed by atoms with E-state index in [-0.39, 0.29) is 5.91 Å². The first-order valence-corrected chi connectivity index (χ1v) is 11.0. The largest absolute Gasteiger partial charge is 0.322 e. The molecule has 0 unspecified atom stereocenters. The number of likely N-dealkylation sites (tertiary alicyclic amines) is 1. The number of piperidine rings is 1. The van der Waals surface area contributed by atoms with Crippen LogP contribution in [0.1, 0.15) is 35.2 Å². The first kappa shape index (κ1) is 19.4. The molecule has 6 nitrogen and oxygen atoms in total. The Bertz CT molecular complexity index is 906. The number of anilines is 2. The molecular weight excluding hydrogens is 362 g/mol. The van der Waals surface area contributed by atoms with Crippen molar-refractivity contribution < 1.29 is 13.2 Å². The molecule has 27 heavy (non-hydrogen) atoms. The Labute approximate surface area is 160 Å². The van der Waals surface area contributed by atoms with Crippen molar-refractivity contribution in [1.82, 2.24) is 4.90 Å². The van der Waals surface area contributed by atoms with Gasteiger partial charge in [0.15, 0.2) is 0 Å². The zero-order chi connectivity index (χ0) is 19.3. The second kappa shape index (κ2) is 8.54. The van der Waals surface area contributed by atoms with Crippen LogP contribution in [0.4, 0.5) is 11.4 Å². The number of hydrogen-bond acceptors (Lipinski definition) is 4. The van der Waals surface area contributed by atoms with Gasteiger partial charge in [-0.2, -0.15) is 0 Å². The molecule has 2 aromatic carbocycles. The highest BCUT2D eigenvalue weighted by Gasteiger charge is 2.12. The molecule has 2 N–H and O–H groups in total. The van der Waals surface area contributed by atoms with E-state index in [1.165, 1.54) is 30.9 Å². The van der Waals surface area contributed by atoms with E-state index in [9.17, 15) is 13.2 Å². The average Bonchev–Trinajstić information content (AvgIpc) is 2.62. The summed E-state index contributed by atoms with van der Waals surface area (Å²) in [5, 5.41) is 2.89. The topological polar surface area (TPSA) is 78.5 Å². The molecule has 0 aliphatic carbocycles. The Morgan fingerprint density at radius 2 is 1.70 bits per heavy atom. The number of rotatable bonds is 6. The molecule has 1 aliphatic heterocycles. The fourth-order valence-electron chi connectivity index (χ4n) is 3.26. The summed E-state index contributed by atoms with van der Waals surface area (Å²) in [5.74, 6) is -0.276. The van der Waals surface area contributed by atoms with Gasteiger partial charge in [-0.15, -0.1) is 0 Å². The van der Waals surface area contributed by atoms with Gasteiger partial charge in [0.05, 0.1) is 6.26 Å². The molecule has 1 heterocycles. The molecule has 0 bridgehead atoms. The van der Waals surface area contributed by atoms with Crippen LogP contribution in [0.25, 0.3) is 0 Å². The SMILES string of the molecule is CS(=O)(=O)Nc1cccc(C(=O)Nc2cccc(CN3CCCCC3)c2)c1. The summed E-state index contributed by atoms with van der Waals surface area (Å²) >= 11 is 0. The van der Waals surface area contributed by atoms with Gasteiger partial charge in [-0.3, -0.25) is 14.4 Å². The van der Waals surface area contributed by atoms with Gasteiger partial charge >= 0.3 is 0 Å². The number of carbonyl (C=O) groups is 1. The van der Waals surface area contributed by atoms with E-state index >= 15 is 0 Å². The monoisotopic (exact) mass is 387 g/mol. The summed E-state index contributed by atoms with van der Waals surface area (Å²) < 4.78 is 25.1. The van der Waals surface area contributed by atoms with Gasteiger partial charge in [0.2, 0.25) is 10.0 Å². The Hall–Kier alpha value is -2.38. The second-order valence-electron chi connectivity index (χ2n) is 6.95. The van der Waals surface area contributed by atoms with Crippen LogP contribution in [-0.2, 0) is 16.6 Å². The molecule has 7 heteroatoms. The predicted molar refractivity (Wildman–Crippen MR) is 108 cm³/mol. The third-order valence-corrected chi connectivity index (χ3v) is 5.07. The Morgan fingerprint density at radius 3 is 2.44 bits per heavy atom. The lowest BCUT2D eigenvalue weighted by molar-refractivity contribution is 0.102. The number of amides is 1. The summed E-state index contributed by atoms with van der Waals surface area (Å²) in [6.07, 6.45) is 4.87. The van der Waals surface area contributed by atoms with Crippen LogP contribution < -0.4 is 10.0 Å². The van der Waals surface area contributed by atoms with Crippen LogP contribution in [0.2, 0.25) is 0 Å². The van der Waals surface area contributed by atoms with E-state index in [0.717, 1.165) is 31.6 Å². The van der Waals surface area contributed by atoms with Crippen LogP contribution in [0.3, 0.4) is 0 Å². The molecule has 0 saturated carbocycles. The third kappa shape index (κ3) is 6.08. The molecule has 144 valence electrons. The molecule has 0 radical (unpaired) electrons. The van der Waals surface area contributed by atoms with Crippen LogP contribution >= 0.6 is 0 Å². The molecule has 1 fully saturated rings. The van der Waals surface area contributed by atoms with Gasteiger partial charge in [0.1, 0.15) is 0 Å². The van der Waals surface area contributed by atoms with Crippen LogP contribution in [0.5, 0.6) is 0 Å². The number of carbonyl (C=O) groups excluding carboxylic acids is 1. The smallest absolute Gasteiger partial charge is 0.255 e. The summed E-state index contributed by atoms with van der Waals surface area (Å²) in [4.78, 5) is 15.0. The molecule has 0 atom stereocenters. The molecule has 2 aromatic rings. The van der Waals surface area contributed by atoms with Gasteiger partial charge in [0, 0.05) is 23.5 Å². The molecule has 1 saturated heterocycles. The van der Waals surface area contributed by atoms with Gasteiger partial charge in [-0.1, -0.05) is 24.6 Å². The number of hydrogen-bond donors (Lipinski definition) is 2. The number of benzene rings is 2. The van der Waals surface area contributed by atoms with Crippen molar-refractivity contribution in [3.05, 3.63) is 59.7 Å². The lowest BCUT2D eigenvalue weighted by Gasteiger charge is -2.26. The fraction of sp³-hybridized carbons (Fsp3) is 0.350. The minimum Gasteiger partial charge on any atom is -0.322 e. The van der Waals surface area contributed by atoms with Crippen molar-refractivity contribution in [3.63, 3.8) is 0 Å². The minimum absolute atomic E-state index is 0.276. The maximum atomic E-state index is 12.5. The van der Waals surface area contributed by atoms with Gasteiger partial charge in [-0.05, 0) is 61.8 Å². The first-order valence-electron chi connectivity index (χ1n) is 9.09. The lowest BCUT2D eigenvalue weighted by atomic mass is 10.1. The Morgan fingerprint density at radius 1 is 1.00 bits per heavy atom. The molecule has 1 aliphatic rings. The average molecular weight is 388 g/mol. The van der Waals surface area contributed by atoms with E-state index in [1.54, 1.807) is 18.2 Å². The summed E-state index contributed by atoms with van der Waals surface area (Å²) in [7, 11) is -3.38. The van der Waals surface area contributed by atoms with Gasteiger partial charge < -0.3 is 5.32 Å². The van der Waals surface area contributed by atoms with E-state index < -0.39 is 10.0 Å². The molecule has 0 aromatic heterocycles. The standard InChI is InChI=1S/C20H25N3O3S/c1-27(25,26)22-19-10-6-8-17(14-19)20(24)21-18-9-5-7-16(13-18)15-23-11-3-2-4-12-23/h5-10,13-14,22H,2-4,11-12,15H2,1H3,(H,21,24). The second-order valence-corrected chi connectivity index (χ2v) is 8.69. The van der Waals surface area contributed by atoms with Crippen molar-refractivity contribution in [2.75, 3.05) is 29.4 Å². The van der Waals surface area contributed by atoms with Crippen molar-refractivity contribution in [3.8, 4) is 0 Å². The predicted octanol–water partition coefficient (Wildman–Crippen LogP) is 3.30. The summed E-state index contributed by atoms with van der Waals surface area (Å²) in [6.45, 7) is 3.13. The van der Waals surface area contributed by atoms with Gasteiger partial charge in [-0.25, -0.2) is 8.42 Å². The van der Waals surface area contributed by atoms with E-state index in [1.807, 2.05) is 18.2 Å². The zero-order valence-corrected chi connectivity index (χ0v) is 16.3. The van der Waals surface area contributed by atoms with E-state index in [4.69, 9.17) is 0 Å². The maximum Gasteiger partial charge on any atom is 0.255 e. The molecule has 3 rings (SSSR count). The quantitative estimate of drug-likeness (QED) is 0.797. The minimum atomic E-state index is -3.38. The number of nitrogens with zero attached hydrogens (tertiary/aromatic N) is 1. The molecule has 1 amide bonds. The highest BCUT2D eigenvalue weighted by molar-refractivity contribution is 7.92. The fourth-order valence-corrected chi connectivity index (χ4v) is 3.82. The lowest BCUT2D eigenvalue weighted by Crippen LogP contribution is -2.29. The van der Waals surface area contributed by atoms with Crippen molar-refractivity contribution in [2.45, 2.75) is 25.8 Å². The Kier molecular flexibility index (Phi) is 6.13. The van der Waals surface area contributed by atoms with Gasteiger partial charge in [0.25, 0.3) is 5.91 Å². The Balaban J connectivity index is 1.67. The van der Waals surface area contributed by atoms with E-state index in [0.29, 0.717) is 11.3 Å². The van der Waals surface area contributed by atoms with Crippen LogP contribution in [0, 0.1) is 0 Å². The van der Waals surface area contributed by atoms with Crippen LogP contribution in [-0.4, -0.2) is 38.6 Å². The number of nitrogens with one attached hydrogen (secondary N) is 2. The molecule has 0 spiro atoms. The first-order chi connectivity index (χ1) is 12.9. The highest BCUT2D eigenvalue weighted by atomic mass is 32.2. The van der Waals surface area contributed by atoms with Crippen LogP contribution in [0.15, 0.2) is 48.5 Å². The zero-order valence-electron chi connectivity index (χ0n) is 15.4. The maximum absolute atomic E-state index is 12.5. The highest BCUT2D eigenvalue weighted by Crippen LogP contribution is 2.18. The van der Waals surface area contributed by atoms with Crippen molar-refractivity contribution >= 4 is 27.3 Å². The summed E-state index contributed by atoms with van der Waals surface area (Å²) in [5.41, 5.74) is 2.66. The molecular formula is C20H25N3O3S. The van der Waals surface area contributed by atoms with E-state index in [2.05, 4.69) is 21.0 Å².